The van der Waals surface area contributed by atoms with Gasteiger partial charge in [-0.05, 0) is 24.6 Å². The van der Waals surface area contributed by atoms with Crippen LogP contribution in [0.4, 0.5) is 5.69 Å². The van der Waals surface area contributed by atoms with Crippen molar-refractivity contribution in [3.8, 4) is 5.75 Å². The number of nitrogens with one attached hydrogen (secondary N) is 2. The summed E-state index contributed by atoms with van der Waals surface area (Å²) in [7, 11) is 1.57. The first-order valence-electron chi connectivity index (χ1n) is 7.41. The molecule has 1 aromatic heterocycles. The Kier molecular flexibility index (Phi) is 4.27. The van der Waals surface area contributed by atoms with Crippen LogP contribution in [0.15, 0.2) is 36.5 Å². The van der Waals surface area contributed by atoms with Crippen LogP contribution in [0.3, 0.4) is 0 Å². The number of amides is 2. The van der Waals surface area contributed by atoms with Gasteiger partial charge in [0.05, 0.1) is 19.2 Å². The summed E-state index contributed by atoms with van der Waals surface area (Å²) < 4.78 is 5.30. The summed E-state index contributed by atoms with van der Waals surface area (Å²) >= 11 is 0. The van der Waals surface area contributed by atoms with Crippen LogP contribution in [0.5, 0.6) is 5.75 Å². The monoisotopic (exact) mass is 314 g/mol. The Morgan fingerprint density at radius 1 is 1.43 bits per heavy atom. The van der Waals surface area contributed by atoms with Crippen LogP contribution < -0.4 is 15.0 Å². The minimum absolute atomic E-state index is 0.118. The molecule has 3 rings (SSSR count). The number of hydrogen-bond donors (Lipinski definition) is 2. The van der Waals surface area contributed by atoms with E-state index in [0.717, 1.165) is 11.4 Å². The SMILES string of the molecule is COc1ccccc1N1CC[C@H](NC(=O)Cc2ccn[nH]2)C1=O. The van der Waals surface area contributed by atoms with Crippen molar-refractivity contribution in [2.75, 3.05) is 18.6 Å². The maximum atomic E-state index is 12.5. The number of methoxy groups -OCH3 is 1. The summed E-state index contributed by atoms with van der Waals surface area (Å²) in [6.07, 6.45) is 2.34. The van der Waals surface area contributed by atoms with Crippen LogP contribution in [0.2, 0.25) is 0 Å². The van der Waals surface area contributed by atoms with Gasteiger partial charge >= 0.3 is 0 Å². The maximum Gasteiger partial charge on any atom is 0.249 e. The second kappa shape index (κ2) is 6.51. The van der Waals surface area contributed by atoms with Crippen molar-refractivity contribution in [2.24, 2.45) is 0 Å². The Bertz CT molecular complexity index is 699. The molecule has 2 aromatic rings. The number of H-pyrrole nitrogens is 1. The highest BCUT2D eigenvalue weighted by Crippen LogP contribution is 2.30. The van der Waals surface area contributed by atoms with E-state index in [2.05, 4.69) is 15.5 Å². The molecule has 1 saturated heterocycles. The average Bonchev–Trinajstić information content (AvgIpc) is 3.18. The van der Waals surface area contributed by atoms with E-state index in [1.165, 1.54) is 0 Å². The molecule has 7 heteroatoms. The fourth-order valence-corrected chi connectivity index (χ4v) is 2.71. The van der Waals surface area contributed by atoms with Crippen LogP contribution in [0, 0.1) is 0 Å². The summed E-state index contributed by atoms with van der Waals surface area (Å²) in [5, 5.41) is 9.32. The fourth-order valence-electron chi connectivity index (χ4n) is 2.71. The predicted octanol–water partition coefficient (Wildman–Crippen LogP) is 0.882. The first-order valence-corrected chi connectivity index (χ1v) is 7.41. The van der Waals surface area contributed by atoms with Gasteiger partial charge in [-0.2, -0.15) is 5.10 Å². The lowest BCUT2D eigenvalue weighted by molar-refractivity contribution is -0.126. The number of nitrogens with zero attached hydrogens (tertiary/aromatic N) is 2. The fraction of sp³-hybridized carbons (Fsp3) is 0.312. The number of ether oxygens (including phenoxy) is 1. The van der Waals surface area contributed by atoms with Gasteiger partial charge in [0.1, 0.15) is 11.8 Å². The molecule has 1 aliphatic heterocycles. The molecule has 1 fully saturated rings. The minimum Gasteiger partial charge on any atom is -0.495 e. The van der Waals surface area contributed by atoms with E-state index in [9.17, 15) is 9.59 Å². The molecule has 1 aliphatic rings. The normalized spacial score (nSPS) is 17.3. The highest BCUT2D eigenvalue weighted by atomic mass is 16.5. The quantitative estimate of drug-likeness (QED) is 0.858. The molecule has 0 spiro atoms. The highest BCUT2D eigenvalue weighted by Gasteiger charge is 2.34. The van der Waals surface area contributed by atoms with Gasteiger partial charge in [-0.25, -0.2) is 0 Å². The molecule has 1 atom stereocenters. The Labute approximate surface area is 133 Å². The lowest BCUT2D eigenvalue weighted by Crippen LogP contribution is -2.42. The molecule has 0 radical (unpaired) electrons. The summed E-state index contributed by atoms with van der Waals surface area (Å²) in [5.74, 6) is 0.326. The second-order valence-electron chi connectivity index (χ2n) is 5.33. The highest BCUT2D eigenvalue weighted by molar-refractivity contribution is 6.02. The number of rotatable bonds is 5. The zero-order valence-electron chi connectivity index (χ0n) is 12.8. The van der Waals surface area contributed by atoms with E-state index >= 15 is 0 Å². The first-order chi connectivity index (χ1) is 11.2. The van der Waals surface area contributed by atoms with E-state index in [1.807, 2.05) is 24.3 Å². The third-order valence-corrected chi connectivity index (χ3v) is 3.83. The lowest BCUT2D eigenvalue weighted by atomic mass is 10.2. The van der Waals surface area contributed by atoms with E-state index in [1.54, 1.807) is 24.3 Å². The van der Waals surface area contributed by atoms with Crippen molar-refractivity contribution >= 4 is 17.5 Å². The number of carbonyl (C=O) groups excluding carboxylic acids is 2. The van der Waals surface area contributed by atoms with Gasteiger partial charge in [0.25, 0.3) is 0 Å². The Morgan fingerprint density at radius 3 is 3.00 bits per heavy atom. The predicted molar refractivity (Wildman–Crippen MR) is 84.2 cm³/mol. The molecule has 0 bridgehead atoms. The van der Waals surface area contributed by atoms with Crippen molar-refractivity contribution in [1.82, 2.24) is 15.5 Å². The van der Waals surface area contributed by atoms with Crippen LogP contribution in [-0.4, -0.2) is 41.7 Å². The van der Waals surface area contributed by atoms with Crippen molar-refractivity contribution in [3.05, 3.63) is 42.2 Å². The number of hydrogen-bond acceptors (Lipinski definition) is 4. The van der Waals surface area contributed by atoms with Crippen molar-refractivity contribution in [3.63, 3.8) is 0 Å². The summed E-state index contributed by atoms with van der Waals surface area (Å²) in [4.78, 5) is 26.2. The molecule has 2 N–H and O–H groups in total. The molecule has 120 valence electrons. The number of aromatic nitrogens is 2. The Hall–Kier alpha value is -2.83. The minimum atomic E-state index is -0.504. The molecular weight excluding hydrogens is 296 g/mol. The molecule has 0 saturated carbocycles. The first kappa shape index (κ1) is 15.1. The van der Waals surface area contributed by atoms with Gasteiger partial charge in [0.15, 0.2) is 0 Å². The van der Waals surface area contributed by atoms with Crippen molar-refractivity contribution in [1.29, 1.82) is 0 Å². The average molecular weight is 314 g/mol. The van der Waals surface area contributed by atoms with Crippen LogP contribution in [-0.2, 0) is 16.0 Å². The second-order valence-corrected chi connectivity index (χ2v) is 5.33. The third-order valence-electron chi connectivity index (χ3n) is 3.83. The molecule has 2 amide bonds. The van der Waals surface area contributed by atoms with Gasteiger partial charge in [0, 0.05) is 18.4 Å². The van der Waals surface area contributed by atoms with Gasteiger partial charge < -0.3 is 15.0 Å². The summed E-state index contributed by atoms with van der Waals surface area (Å²) in [6, 6.07) is 8.59. The number of anilines is 1. The van der Waals surface area contributed by atoms with Crippen LogP contribution >= 0.6 is 0 Å². The van der Waals surface area contributed by atoms with Crippen LogP contribution in [0.1, 0.15) is 12.1 Å². The Balaban J connectivity index is 1.66. The van der Waals surface area contributed by atoms with Crippen LogP contribution in [0.25, 0.3) is 0 Å². The number of benzene rings is 1. The molecule has 7 nitrogen and oxygen atoms in total. The molecular formula is C16H18N4O3. The Morgan fingerprint density at radius 2 is 2.26 bits per heavy atom. The zero-order chi connectivity index (χ0) is 16.2. The maximum absolute atomic E-state index is 12.5. The molecule has 0 aliphatic carbocycles. The molecule has 23 heavy (non-hydrogen) atoms. The molecule has 1 aromatic carbocycles. The number of carbonyl (C=O) groups is 2. The zero-order valence-corrected chi connectivity index (χ0v) is 12.8. The molecule has 0 unspecified atom stereocenters. The molecule has 2 heterocycles. The van der Waals surface area contributed by atoms with E-state index in [-0.39, 0.29) is 18.2 Å². The standard InChI is InChI=1S/C16H18N4O3/c1-23-14-5-3-2-4-13(14)20-9-7-12(16(20)22)18-15(21)10-11-6-8-17-19-11/h2-6,8,12H,7,9-10H2,1H3,(H,17,19)(H,18,21)/t12-/m0/s1. The smallest absolute Gasteiger partial charge is 0.249 e. The van der Waals surface area contributed by atoms with E-state index in [0.29, 0.717) is 18.7 Å². The van der Waals surface area contributed by atoms with E-state index in [4.69, 9.17) is 4.74 Å². The van der Waals surface area contributed by atoms with Gasteiger partial charge in [-0.15, -0.1) is 0 Å². The number of aromatic amines is 1. The summed E-state index contributed by atoms with van der Waals surface area (Å²) in [5.41, 5.74) is 1.44. The lowest BCUT2D eigenvalue weighted by Gasteiger charge is -2.19. The third kappa shape index (κ3) is 3.18. The summed E-state index contributed by atoms with van der Waals surface area (Å²) in [6.45, 7) is 0.550. The number of para-hydroxylation sites is 2. The van der Waals surface area contributed by atoms with Gasteiger partial charge in [-0.3, -0.25) is 14.7 Å². The van der Waals surface area contributed by atoms with Gasteiger partial charge in [-0.1, -0.05) is 12.1 Å². The van der Waals surface area contributed by atoms with Crippen molar-refractivity contribution in [2.45, 2.75) is 18.9 Å². The topological polar surface area (TPSA) is 87.3 Å². The van der Waals surface area contributed by atoms with Crippen molar-refractivity contribution < 1.29 is 14.3 Å². The largest absolute Gasteiger partial charge is 0.495 e. The van der Waals surface area contributed by atoms with Gasteiger partial charge in [0.2, 0.25) is 11.8 Å². The van der Waals surface area contributed by atoms with E-state index < -0.39 is 6.04 Å².